The van der Waals surface area contributed by atoms with Crippen molar-refractivity contribution in [2.75, 3.05) is 0 Å². The molecule has 0 atom stereocenters. The molecule has 2 aromatic rings. The van der Waals surface area contributed by atoms with Gasteiger partial charge in [-0.25, -0.2) is 0 Å². The van der Waals surface area contributed by atoms with Gasteiger partial charge in [0.25, 0.3) is 0 Å². The predicted molar refractivity (Wildman–Crippen MR) is 46.8 cm³/mol. The number of aromatic amines is 1. The molecule has 3 heteroatoms. The topological polar surface area (TPSA) is 48.9 Å². The fraction of sp³-hybridized carbons (Fsp3) is 0.222. The van der Waals surface area contributed by atoms with E-state index >= 15 is 0 Å². The lowest BCUT2D eigenvalue weighted by molar-refractivity contribution is 0.278. The summed E-state index contributed by atoms with van der Waals surface area (Å²) in [4.78, 5) is 0. The number of fused-ring (bicyclic) bond motifs is 1. The molecule has 2 rings (SSSR count). The third kappa shape index (κ3) is 0.987. The molecule has 0 amide bonds. The van der Waals surface area contributed by atoms with Crippen molar-refractivity contribution in [1.82, 2.24) is 10.2 Å². The highest BCUT2D eigenvalue weighted by molar-refractivity contribution is 5.81. The minimum absolute atomic E-state index is 0.0105. The first-order chi connectivity index (χ1) is 5.81. The van der Waals surface area contributed by atoms with Crippen LogP contribution in [-0.2, 0) is 6.61 Å². The summed E-state index contributed by atoms with van der Waals surface area (Å²) in [6, 6.07) is 6.00. The zero-order valence-corrected chi connectivity index (χ0v) is 6.83. The first kappa shape index (κ1) is 7.31. The van der Waals surface area contributed by atoms with Gasteiger partial charge >= 0.3 is 0 Å². The molecular formula is C9H10N2O. The second kappa shape index (κ2) is 2.60. The van der Waals surface area contributed by atoms with Gasteiger partial charge in [-0.05, 0) is 19.1 Å². The second-order valence-corrected chi connectivity index (χ2v) is 2.88. The van der Waals surface area contributed by atoms with Crippen LogP contribution in [0, 0.1) is 6.92 Å². The summed E-state index contributed by atoms with van der Waals surface area (Å²) >= 11 is 0. The summed E-state index contributed by atoms with van der Waals surface area (Å²) in [6.07, 6.45) is 0. The predicted octanol–water partition coefficient (Wildman–Crippen LogP) is 1.36. The van der Waals surface area contributed by atoms with Crippen LogP contribution in [0.25, 0.3) is 10.9 Å². The van der Waals surface area contributed by atoms with Crippen LogP contribution in [0.3, 0.4) is 0 Å². The van der Waals surface area contributed by atoms with Gasteiger partial charge in [0.1, 0.15) is 0 Å². The molecule has 0 bridgehead atoms. The van der Waals surface area contributed by atoms with Crippen molar-refractivity contribution in [2.24, 2.45) is 0 Å². The number of nitrogens with zero attached hydrogens (tertiary/aromatic N) is 1. The fourth-order valence-electron chi connectivity index (χ4n) is 1.30. The minimum atomic E-state index is -0.0105. The Labute approximate surface area is 70.0 Å². The van der Waals surface area contributed by atoms with E-state index in [4.69, 9.17) is 5.11 Å². The van der Waals surface area contributed by atoms with E-state index < -0.39 is 0 Å². The number of aliphatic hydroxyl groups excluding tert-OH is 1. The molecule has 1 heterocycles. The number of hydrogen-bond donors (Lipinski definition) is 2. The van der Waals surface area contributed by atoms with Crippen molar-refractivity contribution < 1.29 is 5.11 Å². The van der Waals surface area contributed by atoms with E-state index in [1.807, 2.05) is 25.1 Å². The van der Waals surface area contributed by atoms with Gasteiger partial charge < -0.3 is 5.11 Å². The van der Waals surface area contributed by atoms with Crippen LogP contribution in [-0.4, -0.2) is 15.3 Å². The van der Waals surface area contributed by atoms with Crippen LogP contribution in [0.1, 0.15) is 11.3 Å². The molecule has 3 nitrogen and oxygen atoms in total. The quantitative estimate of drug-likeness (QED) is 0.665. The third-order valence-corrected chi connectivity index (χ3v) is 1.95. The zero-order valence-electron chi connectivity index (χ0n) is 6.83. The Morgan fingerprint density at radius 1 is 1.50 bits per heavy atom. The Bertz CT molecular complexity index is 406. The molecule has 0 saturated heterocycles. The van der Waals surface area contributed by atoms with Gasteiger partial charge in [-0.2, -0.15) is 5.10 Å². The molecule has 0 saturated carbocycles. The highest BCUT2D eigenvalue weighted by Gasteiger charge is 2.02. The van der Waals surface area contributed by atoms with Crippen LogP contribution in [0.4, 0.5) is 0 Å². The number of hydrogen-bond acceptors (Lipinski definition) is 2. The Balaban J connectivity index is 2.75. The van der Waals surface area contributed by atoms with E-state index in [0.29, 0.717) is 5.69 Å². The molecule has 1 aromatic heterocycles. The number of nitrogens with one attached hydrogen (secondary N) is 1. The number of aromatic nitrogens is 2. The summed E-state index contributed by atoms with van der Waals surface area (Å²) in [5, 5.41) is 16.8. The van der Waals surface area contributed by atoms with Crippen LogP contribution in [0.5, 0.6) is 0 Å². The van der Waals surface area contributed by atoms with Crippen LogP contribution in [0.2, 0.25) is 0 Å². The first-order valence-corrected chi connectivity index (χ1v) is 3.86. The highest BCUT2D eigenvalue weighted by atomic mass is 16.3. The average molecular weight is 162 g/mol. The average Bonchev–Trinajstić information content (AvgIpc) is 2.46. The number of aliphatic hydroxyl groups is 1. The minimum Gasteiger partial charge on any atom is -0.390 e. The molecule has 62 valence electrons. The summed E-state index contributed by atoms with van der Waals surface area (Å²) in [5.41, 5.74) is 2.87. The molecule has 0 aliphatic rings. The number of H-pyrrole nitrogens is 1. The number of aryl methyl sites for hydroxylation is 1. The fourth-order valence-corrected chi connectivity index (χ4v) is 1.30. The Hall–Kier alpha value is -1.35. The summed E-state index contributed by atoms with van der Waals surface area (Å²) in [5.74, 6) is 0. The summed E-state index contributed by atoms with van der Waals surface area (Å²) < 4.78 is 0. The third-order valence-electron chi connectivity index (χ3n) is 1.95. The van der Waals surface area contributed by atoms with E-state index in [2.05, 4.69) is 10.2 Å². The van der Waals surface area contributed by atoms with Crippen molar-refractivity contribution in [2.45, 2.75) is 13.5 Å². The van der Waals surface area contributed by atoms with Gasteiger partial charge in [-0.3, -0.25) is 5.10 Å². The van der Waals surface area contributed by atoms with Gasteiger partial charge in [0.15, 0.2) is 0 Å². The van der Waals surface area contributed by atoms with E-state index in [1.165, 1.54) is 5.56 Å². The lowest BCUT2D eigenvalue weighted by atomic mass is 10.1. The number of benzene rings is 1. The van der Waals surface area contributed by atoms with Gasteiger partial charge in [0, 0.05) is 5.39 Å². The SMILES string of the molecule is Cc1ccc2[nH]nc(CO)c2c1. The van der Waals surface area contributed by atoms with Crippen LogP contribution in [0.15, 0.2) is 18.2 Å². The van der Waals surface area contributed by atoms with Crippen molar-refractivity contribution >= 4 is 10.9 Å². The Morgan fingerprint density at radius 2 is 2.33 bits per heavy atom. The van der Waals surface area contributed by atoms with Gasteiger partial charge in [0.05, 0.1) is 17.8 Å². The largest absolute Gasteiger partial charge is 0.390 e. The maximum Gasteiger partial charge on any atom is 0.0955 e. The highest BCUT2D eigenvalue weighted by Crippen LogP contribution is 2.16. The van der Waals surface area contributed by atoms with Crippen molar-refractivity contribution in [3.8, 4) is 0 Å². The lowest BCUT2D eigenvalue weighted by Gasteiger charge is -1.93. The molecule has 0 aliphatic carbocycles. The zero-order chi connectivity index (χ0) is 8.55. The Kier molecular flexibility index (Phi) is 1.59. The van der Waals surface area contributed by atoms with Gasteiger partial charge in [-0.15, -0.1) is 0 Å². The van der Waals surface area contributed by atoms with Gasteiger partial charge in [-0.1, -0.05) is 11.6 Å². The second-order valence-electron chi connectivity index (χ2n) is 2.88. The lowest BCUT2D eigenvalue weighted by Crippen LogP contribution is -1.82. The standard InChI is InChI=1S/C9H10N2O/c1-6-2-3-8-7(4-6)9(5-12)11-10-8/h2-4,12H,5H2,1H3,(H,10,11). The molecule has 0 spiro atoms. The molecule has 2 N–H and O–H groups in total. The molecule has 0 aliphatic heterocycles. The van der Waals surface area contributed by atoms with Crippen LogP contribution >= 0.6 is 0 Å². The van der Waals surface area contributed by atoms with Crippen molar-refractivity contribution in [3.05, 3.63) is 29.5 Å². The van der Waals surface area contributed by atoms with Crippen LogP contribution < -0.4 is 0 Å². The molecule has 0 fully saturated rings. The monoisotopic (exact) mass is 162 g/mol. The summed E-state index contributed by atoms with van der Waals surface area (Å²) in [6.45, 7) is 2.01. The molecule has 0 unspecified atom stereocenters. The molecule has 1 aromatic carbocycles. The normalized spacial score (nSPS) is 10.8. The maximum atomic E-state index is 8.93. The smallest absolute Gasteiger partial charge is 0.0955 e. The van der Waals surface area contributed by atoms with E-state index in [1.54, 1.807) is 0 Å². The van der Waals surface area contributed by atoms with E-state index in [-0.39, 0.29) is 6.61 Å². The molecule has 0 radical (unpaired) electrons. The molecular weight excluding hydrogens is 152 g/mol. The van der Waals surface area contributed by atoms with Crippen molar-refractivity contribution in [3.63, 3.8) is 0 Å². The van der Waals surface area contributed by atoms with Crippen molar-refractivity contribution in [1.29, 1.82) is 0 Å². The van der Waals surface area contributed by atoms with Gasteiger partial charge in [0.2, 0.25) is 0 Å². The first-order valence-electron chi connectivity index (χ1n) is 3.86. The summed E-state index contributed by atoms with van der Waals surface area (Å²) in [7, 11) is 0. The number of rotatable bonds is 1. The van der Waals surface area contributed by atoms with E-state index in [0.717, 1.165) is 10.9 Å². The molecule has 12 heavy (non-hydrogen) atoms. The maximum absolute atomic E-state index is 8.93. The van der Waals surface area contributed by atoms with E-state index in [9.17, 15) is 0 Å². The Morgan fingerprint density at radius 3 is 3.08 bits per heavy atom.